The molecule has 0 radical (unpaired) electrons. The van der Waals surface area contributed by atoms with E-state index in [1.807, 2.05) is 25.1 Å². The largest absolute Gasteiger partial charge is 0.889 e. The molecule has 3 rings (SSSR count). The molecule has 1 atom stereocenters. The van der Waals surface area contributed by atoms with E-state index in [9.17, 15) is 10.0 Å². The van der Waals surface area contributed by atoms with E-state index >= 15 is 0 Å². The number of halogens is 2. The van der Waals surface area contributed by atoms with Crippen molar-refractivity contribution in [3.63, 3.8) is 0 Å². The van der Waals surface area contributed by atoms with E-state index in [0.29, 0.717) is 21.2 Å². The molecule has 0 heterocycles. The minimum Gasteiger partial charge on any atom is -0.889 e. The molecule has 0 fully saturated rings. The normalized spacial score (nSPS) is 12.3. The van der Waals surface area contributed by atoms with Crippen molar-refractivity contribution in [3.8, 4) is 0 Å². The number of quaternary nitrogens is 2. The SMILES string of the molecule is CCCCC(c1c(Cl)c(C)c(Cl)c(C)c1B([O-])[O-])c1cccc2ccccc12.C[N+](C)(C)C.C[N+](C)(C)C. The Balaban J connectivity index is 0.000000616. The maximum atomic E-state index is 12.2. The van der Waals surface area contributed by atoms with E-state index < -0.39 is 7.12 Å². The Hall–Kier alpha value is -1.60. The van der Waals surface area contributed by atoms with E-state index in [-0.39, 0.29) is 11.4 Å². The first kappa shape index (κ1) is 34.4. The van der Waals surface area contributed by atoms with Gasteiger partial charge in [-0.2, -0.15) is 0 Å². The van der Waals surface area contributed by atoms with Crippen LogP contribution in [0.2, 0.25) is 10.0 Å². The Kier molecular flexibility index (Phi) is 13.3. The van der Waals surface area contributed by atoms with E-state index in [2.05, 4.69) is 87.6 Å². The van der Waals surface area contributed by atoms with Gasteiger partial charge in [-0.25, -0.2) is 0 Å². The summed E-state index contributed by atoms with van der Waals surface area (Å²) in [6, 6.07) is 14.3. The standard InChI is InChI=1S/C23H23BCl2O2.2C4H12N/c1-4-5-11-19(18-13-8-10-16-9-6-7-12-17(16)18)20-21(24(27)28)14(2)22(25)15(3)23(20)26;2*1-5(2,3)4/h6-10,12-13,19H,4-5,11H2,1-3H3;2*1-4H3/q-2;2*+1. The van der Waals surface area contributed by atoms with Crippen LogP contribution in [-0.4, -0.2) is 72.5 Å². The second-order valence-electron chi connectivity index (χ2n) is 12.7. The first-order chi connectivity index (χ1) is 17.4. The molecule has 0 spiro atoms. The fourth-order valence-corrected chi connectivity index (χ4v) is 4.65. The predicted octanol–water partition coefficient (Wildman–Crippen LogP) is 5.15. The minimum atomic E-state index is -2.13. The summed E-state index contributed by atoms with van der Waals surface area (Å²) in [6.07, 6.45) is 2.79. The lowest BCUT2D eigenvalue weighted by atomic mass is 9.68. The third-order valence-corrected chi connectivity index (χ3v) is 6.60. The summed E-state index contributed by atoms with van der Waals surface area (Å²) < 4.78 is 2.00. The first-order valence-electron chi connectivity index (χ1n) is 13.2. The second kappa shape index (κ2) is 14.7. The van der Waals surface area contributed by atoms with Crippen LogP contribution in [0.4, 0.5) is 0 Å². The molecule has 0 bridgehead atoms. The molecular weight excluding hydrogens is 514 g/mol. The van der Waals surface area contributed by atoms with Crippen LogP contribution < -0.4 is 15.5 Å². The summed E-state index contributed by atoms with van der Waals surface area (Å²) in [7, 11) is 14.9. The number of nitrogens with zero attached hydrogens (tertiary/aromatic N) is 2. The molecule has 0 aliphatic heterocycles. The molecule has 3 aromatic carbocycles. The van der Waals surface area contributed by atoms with E-state index in [1.54, 1.807) is 6.92 Å². The van der Waals surface area contributed by atoms with Crippen molar-refractivity contribution in [1.29, 1.82) is 0 Å². The van der Waals surface area contributed by atoms with Gasteiger partial charge in [-0.3, -0.25) is 0 Å². The van der Waals surface area contributed by atoms with Crippen molar-refractivity contribution in [1.82, 2.24) is 0 Å². The lowest BCUT2D eigenvalue weighted by Crippen LogP contribution is -2.57. The molecule has 0 N–H and O–H groups in total. The molecule has 0 aliphatic rings. The number of fused-ring (bicyclic) bond motifs is 1. The number of unbranched alkanes of at least 4 members (excludes halogenated alkanes) is 1. The zero-order valence-electron chi connectivity index (χ0n) is 25.3. The highest BCUT2D eigenvalue weighted by atomic mass is 35.5. The molecule has 7 heteroatoms. The summed E-state index contributed by atoms with van der Waals surface area (Å²) in [6.45, 7) is 5.72. The lowest BCUT2D eigenvalue weighted by molar-refractivity contribution is -0.849. The zero-order valence-corrected chi connectivity index (χ0v) is 26.8. The molecule has 4 nitrogen and oxygen atoms in total. The van der Waals surface area contributed by atoms with Gasteiger partial charge in [0.05, 0.1) is 56.4 Å². The zero-order chi connectivity index (χ0) is 29.4. The van der Waals surface area contributed by atoms with Crippen molar-refractivity contribution in [2.75, 3.05) is 56.4 Å². The van der Waals surface area contributed by atoms with Gasteiger partial charge < -0.3 is 19.0 Å². The lowest BCUT2D eigenvalue weighted by Gasteiger charge is -2.36. The van der Waals surface area contributed by atoms with Gasteiger partial charge in [-0.1, -0.05) is 92.6 Å². The average molecular weight is 561 g/mol. The highest BCUT2D eigenvalue weighted by Crippen LogP contribution is 2.40. The molecular formula is C31H47BCl2N2O2. The van der Waals surface area contributed by atoms with Crippen molar-refractivity contribution >= 4 is 46.6 Å². The monoisotopic (exact) mass is 560 g/mol. The molecule has 1 unspecified atom stereocenters. The van der Waals surface area contributed by atoms with Gasteiger partial charge in [0.15, 0.2) is 0 Å². The Morgan fingerprint density at radius 2 is 1.26 bits per heavy atom. The van der Waals surface area contributed by atoms with Gasteiger partial charge >= 0.3 is 0 Å². The fourth-order valence-electron chi connectivity index (χ4n) is 4.08. The Morgan fingerprint density at radius 3 is 1.76 bits per heavy atom. The van der Waals surface area contributed by atoms with Gasteiger partial charge in [0.2, 0.25) is 0 Å². The highest BCUT2D eigenvalue weighted by Gasteiger charge is 2.25. The fraction of sp³-hybridized carbons (Fsp3) is 0.484. The predicted molar refractivity (Wildman–Crippen MR) is 165 cm³/mol. The smallest absolute Gasteiger partial charge is 0.0675 e. The maximum Gasteiger partial charge on any atom is 0.0675 e. The molecule has 0 saturated carbocycles. The molecule has 38 heavy (non-hydrogen) atoms. The summed E-state index contributed by atoms with van der Waals surface area (Å²) in [5.41, 5.74) is 3.23. The third-order valence-electron chi connectivity index (χ3n) is 5.55. The van der Waals surface area contributed by atoms with Gasteiger partial charge in [0.1, 0.15) is 0 Å². The van der Waals surface area contributed by atoms with Crippen LogP contribution in [0.25, 0.3) is 10.8 Å². The maximum absolute atomic E-state index is 12.2. The van der Waals surface area contributed by atoms with Crippen LogP contribution in [0.3, 0.4) is 0 Å². The van der Waals surface area contributed by atoms with Gasteiger partial charge in [0.25, 0.3) is 0 Å². The topological polar surface area (TPSA) is 46.1 Å². The minimum absolute atomic E-state index is 0.131. The summed E-state index contributed by atoms with van der Waals surface area (Å²) in [5, 5.41) is 27.5. The molecule has 3 aromatic rings. The summed E-state index contributed by atoms with van der Waals surface area (Å²) in [5.74, 6) is -0.131. The van der Waals surface area contributed by atoms with Crippen LogP contribution in [0.15, 0.2) is 42.5 Å². The number of rotatable bonds is 6. The van der Waals surface area contributed by atoms with Crippen molar-refractivity contribution in [2.24, 2.45) is 0 Å². The third kappa shape index (κ3) is 10.9. The number of benzene rings is 3. The first-order valence-corrected chi connectivity index (χ1v) is 14.0. The van der Waals surface area contributed by atoms with Crippen molar-refractivity contribution < 1.29 is 19.0 Å². The van der Waals surface area contributed by atoms with Crippen molar-refractivity contribution in [2.45, 2.75) is 46.0 Å². The van der Waals surface area contributed by atoms with Crippen LogP contribution in [0.5, 0.6) is 0 Å². The Bertz CT molecular complexity index is 1160. The molecule has 0 aliphatic carbocycles. The van der Waals surface area contributed by atoms with Crippen molar-refractivity contribution in [3.05, 3.63) is 74.8 Å². The van der Waals surface area contributed by atoms with Crippen LogP contribution in [0, 0.1) is 13.8 Å². The molecule has 0 aromatic heterocycles. The quantitative estimate of drug-likeness (QED) is 0.309. The van der Waals surface area contributed by atoms with E-state index in [0.717, 1.165) is 50.1 Å². The van der Waals surface area contributed by atoms with E-state index in [4.69, 9.17) is 23.2 Å². The van der Waals surface area contributed by atoms with Crippen LogP contribution >= 0.6 is 23.2 Å². The molecule has 0 amide bonds. The Morgan fingerprint density at radius 1 is 0.763 bits per heavy atom. The van der Waals surface area contributed by atoms with Gasteiger partial charge in [0, 0.05) is 16.0 Å². The van der Waals surface area contributed by atoms with Gasteiger partial charge in [-0.05, 0) is 53.3 Å². The average Bonchev–Trinajstić information content (AvgIpc) is 2.78. The summed E-state index contributed by atoms with van der Waals surface area (Å²) >= 11 is 13.1. The second-order valence-corrected chi connectivity index (χ2v) is 13.4. The molecule has 210 valence electrons. The number of hydrogen-bond acceptors (Lipinski definition) is 2. The highest BCUT2D eigenvalue weighted by molar-refractivity contribution is 6.58. The summed E-state index contributed by atoms with van der Waals surface area (Å²) in [4.78, 5) is 0. The van der Waals surface area contributed by atoms with Gasteiger partial charge in [-0.15, -0.1) is 5.46 Å². The van der Waals surface area contributed by atoms with E-state index in [1.165, 1.54) is 0 Å². The van der Waals surface area contributed by atoms with Crippen LogP contribution in [-0.2, 0) is 0 Å². The molecule has 0 saturated heterocycles. The number of hydrogen-bond donors (Lipinski definition) is 0. The van der Waals surface area contributed by atoms with Crippen LogP contribution in [0.1, 0.15) is 54.4 Å². The Labute approximate surface area is 242 Å².